The van der Waals surface area contributed by atoms with Crippen molar-refractivity contribution >= 4 is 5.69 Å². The number of hydrogen-bond acceptors (Lipinski definition) is 4. The molecule has 0 atom stereocenters. The Morgan fingerprint density at radius 2 is 1.75 bits per heavy atom. The van der Waals surface area contributed by atoms with Gasteiger partial charge in [0.2, 0.25) is 0 Å². The van der Waals surface area contributed by atoms with Gasteiger partial charge in [0.05, 0.1) is 0 Å². The van der Waals surface area contributed by atoms with E-state index in [1.165, 1.54) is 6.07 Å². The second-order valence-electron chi connectivity index (χ2n) is 6.49. The summed E-state index contributed by atoms with van der Waals surface area (Å²) in [5.41, 5.74) is 6.63. The maximum Gasteiger partial charge on any atom is 0.250 e. The van der Waals surface area contributed by atoms with Crippen LogP contribution < -0.4 is 11.3 Å². The molecule has 0 unspecified atom stereocenters. The minimum atomic E-state index is 0.0209. The minimum Gasteiger partial charge on any atom is -0.398 e. The van der Waals surface area contributed by atoms with E-state index in [0.717, 1.165) is 32.7 Å². The lowest BCUT2D eigenvalue weighted by Gasteiger charge is -2.42. The molecule has 1 aromatic rings. The SMILES string of the molecule is CC(C)(C)N1CCN(CCn2cc(N)ccc2=O)CC1. The molecule has 0 bridgehead atoms. The van der Waals surface area contributed by atoms with Crippen molar-refractivity contribution in [2.24, 2.45) is 0 Å². The van der Waals surface area contributed by atoms with Gasteiger partial charge in [0, 0.05) is 62.8 Å². The number of nitrogens with zero attached hydrogens (tertiary/aromatic N) is 3. The lowest BCUT2D eigenvalue weighted by Crippen LogP contribution is -2.53. The number of pyridine rings is 1. The molecular formula is C15H26N4O. The molecule has 0 aliphatic carbocycles. The van der Waals surface area contributed by atoms with Crippen LogP contribution in [0.4, 0.5) is 5.69 Å². The van der Waals surface area contributed by atoms with Gasteiger partial charge in [-0.3, -0.25) is 14.6 Å². The van der Waals surface area contributed by atoms with E-state index in [0.29, 0.717) is 12.2 Å². The Morgan fingerprint density at radius 3 is 2.35 bits per heavy atom. The van der Waals surface area contributed by atoms with Gasteiger partial charge in [-0.15, -0.1) is 0 Å². The number of aromatic nitrogens is 1. The molecule has 1 aliphatic heterocycles. The molecule has 5 nitrogen and oxygen atoms in total. The molecule has 2 N–H and O–H groups in total. The van der Waals surface area contributed by atoms with Crippen LogP contribution in [0.3, 0.4) is 0 Å². The third-order valence-electron chi connectivity index (χ3n) is 3.98. The predicted octanol–water partition coefficient (Wildman–Crippen LogP) is 0.847. The van der Waals surface area contributed by atoms with Gasteiger partial charge in [0.15, 0.2) is 0 Å². The van der Waals surface area contributed by atoms with Gasteiger partial charge in [-0.1, -0.05) is 0 Å². The maximum absolute atomic E-state index is 11.7. The smallest absolute Gasteiger partial charge is 0.250 e. The van der Waals surface area contributed by atoms with E-state index in [2.05, 4.69) is 30.6 Å². The summed E-state index contributed by atoms with van der Waals surface area (Å²) < 4.78 is 1.70. The van der Waals surface area contributed by atoms with Crippen molar-refractivity contribution in [3.05, 3.63) is 28.7 Å². The van der Waals surface area contributed by atoms with E-state index in [1.54, 1.807) is 16.8 Å². The fourth-order valence-electron chi connectivity index (χ4n) is 2.62. The number of piperazine rings is 1. The average Bonchev–Trinajstić information content (AvgIpc) is 2.39. The summed E-state index contributed by atoms with van der Waals surface area (Å²) in [6, 6.07) is 3.19. The molecule has 0 radical (unpaired) electrons. The second-order valence-corrected chi connectivity index (χ2v) is 6.49. The van der Waals surface area contributed by atoms with Gasteiger partial charge in [0.1, 0.15) is 0 Å². The van der Waals surface area contributed by atoms with Gasteiger partial charge < -0.3 is 10.3 Å². The third-order valence-corrected chi connectivity index (χ3v) is 3.98. The van der Waals surface area contributed by atoms with Gasteiger partial charge in [0.25, 0.3) is 5.56 Å². The van der Waals surface area contributed by atoms with Crippen LogP contribution in [-0.4, -0.2) is 52.6 Å². The molecule has 1 fully saturated rings. The molecule has 0 amide bonds. The first kappa shape index (κ1) is 15.1. The molecular weight excluding hydrogens is 252 g/mol. The van der Waals surface area contributed by atoms with Gasteiger partial charge in [-0.05, 0) is 26.8 Å². The van der Waals surface area contributed by atoms with Crippen LogP contribution >= 0.6 is 0 Å². The molecule has 0 aromatic carbocycles. The van der Waals surface area contributed by atoms with Crippen LogP contribution in [0.2, 0.25) is 0 Å². The number of anilines is 1. The van der Waals surface area contributed by atoms with Crippen molar-refractivity contribution in [1.82, 2.24) is 14.4 Å². The predicted molar refractivity (Wildman–Crippen MR) is 82.9 cm³/mol. The van der Waals surface area contributed by atoms with Crippen molar-refractivity contribution in [2.75, 3.05) is 38.5 Å². The second kappa shape index (κ2) is 5.97. The van der Waals surface area contributed by atoms with Crippen LogP contribution in [-0.2, 0) is 6.54 Å². The Bertz CT molecular complexity index is 495. The van der Waals surface area contributed by atoms with E-state index in [4.69, 9.17) is 5.73 Å². The van der Waals surface area contributed by atoms with Gasteiger partial charge in [-0.2, -0.15) is 0 Å². The Hall–Kier alpha value is -1.33. The Balaban J connectivity index is 1.85. The van der Waals surface area contributed by atoms with E-state index >= 15 is 0 Å². The normalized spacial score (nSPS) is 18.4. The highest BCUT2D eigenvalue weighted by Gasteiger charge is 2.25. The quantitative estimate of drug-likeness (QED) is 0.890. The third kappa shape index (κ3) is 3.84. The molecule has 0 spiro atoms. The number of hydrogen-bond donors (Lipinski definition) is 1. The van der Waals surface area contributed by atoms with Crippen LogP contribution in [0.15, 0.2) is 23.1 Å². The van der Waals surface area contributed by atoms with Crippen molar-refractivity contribution < 1.29 is 0 Å². The zero-order valence-corrected chi connectivity index (χ0v) is 12.8. The molecule has 0 saturated carbocycles. The van der Waals surface area contributed by atoms with Crippen LogP contribution in [0.1, 0.15) is 20.8 Å². The van der Waals surface area contributed by atoms with Crippen LogP contribution in [0.5, 0.6) is 0 Å². The summed E-state index contributed by atoms with van der Waals surface area (Å²) in [7, 11) is 0. The standard InChI is InChI=1S/C15H26N4O/c1-15(2,3)19-10-7-17(8-11-19)6-9-18-12-13(16)4-5-14(18)20/h4-5,12H,6-11,16H2,1-3H3. The summed E-state index contributed by atoms with van der Waals surface area (Å²) in [5.74, 6) is 0. The highest BCUT2D eigenvalue weighted by molar-refractivity contribution is 5.33. The Kier molecular flexibility index (Phi) is 4.50. The molecule has 1 aromatic heterocycles. The van der Waals surface area contributed by atoms with Crippen molar-refractivity contribution in [3.63, 3.8) is 0 Å². The fourth-order valence-corrected chi connectivity index (χ4v) is 2.62. The fraction of sp³-hybridized carbons (Fsp3) is 0.667. The van der Waals surface area contributed by atoms with Crippen LogP contribution in [0.25, 0.3) is 0 Å². The summed E-state index contributed by atoms with van der Waals surface area (Å²) in [6.45, 7) is 12.7. The highest BCUT2D eigenvalue weighted by Crippen LogP contribution is 2.15. The van der Waals surface area contributed by atoms with E-state index in [-0.39, 0.29) is 11.1 Å². The number of rotatable bonds is 3. The highest BCUT2D eigenvalue weighted by atomic mass is 16.1. The van der Waals surface area contributed by atoms with Gasteiger partial charge in [-0.25, -0.2) is 0 Å². The Morgan fingerprint density at radius 1 is 1.10 bits per heavy atom. The molecule has 5 heteroatoms. The first-order valence-electron chi connectivity index (χ1n) is 7.29. The first-order valence-corrected chi connectivity index (χ1v) is 7.29. The molecule has 112 valence electrons. The average molecular weight is 278 g/mol. The summed E-state index contributed by atoms with van der Waals surface area (Å²) in [6.07, 6.45) is 1.73. The minimum absolute atomic E-state index is 0.0209. The van der Waals surface area contributed by atoms with E-state index in [1.807, 2.05) is 0 Å². The van der Waals surface area contributed by atoms with Crippen molar-refractivity contribution in [1.29, 1.82) is 0 Å². The van der Waals surface area contributed by atoms with Crippen molar-refractivity contribution in [3.8, 4) is 0 Å². The molecule has 20 heavy (non-hydrogen) atoms. The zero-order valence-electron chi connectivity index (χ0n) is 12.8. The first-order chi connectivity index (χ1) is 9.36. The van der Waals surface area contributed by atoms with Gasteiger partial charge >= 0.3 is 0 Å². The largest absolute Gasteiger partial charge is 0.398 e. The Labute approximate surface area is 121 Å². The van der Waals surface area contributed by atoms with E-state index < -0.39 is 0 Å². The topological polar surface area (TPSA) is 54.5 Å². The summed E-state index contributed by atoms with van der Waals surface area (Å²) >= 11 is 0. The lowest BCUT2D eigenvalue weighted by atomic mass is 10.1. The number of nitrogens with two attached hydrogens (primary N) is 1. The number of nitrogen functional groups attached to an aromatic ring is 1. The lowest BCUT2D eigenvalue weighted by molar-refractivity contribution is 0.0608. The zero-order chi connectivity index (χ0) is 14.8. The molecule has 1 saturated heterocycles. The van der Waals surface area contributed by atoms with E-state index in [9.17, 15) is 4.79 Å². The van der Waals surface area contributed by atoms with Crippen molar-refractivity contribution in [2.45, 2.75) is 32.9 Å². The molecule has 1 aliphatic rings. The summed E-state index contributed by atoms with van der Waals surface area (Å²) in [4.78, 5) is 16.6. The van der Waals surface area contributed by atoms with Crippen LogP contribution in [0, 0.1) is 0 Å². The molecule has 2 heterocycles. The maximum atomic E-state index is 11.7. The monoisotopic (exact) mass is 278 g/mol. The molecule has 2 rings (SSSR count). The summed E-state index contributed by atoms with van der Waals surface area (Å²) in [5, 5.41) is 0.